The zero-order valence-corrected chi connectivity index (χ0v) is 55.5. The van der Waals surface area contributed by atoms with Crippen molar-refractivity contribution in [1.82, 2.24) is 0 Å². The van der Waals surface area contributed by atoms with Gasteiger partial charge in [0.15, 0.2) is 6.10 Å². The summed E-state index contributed by atoms with van der Waals surface area (Å²) >= 11 is 0. The maximum atomic E-state index is 12.9. The second kappa shape index (κ2) is 71.1. The molecule has 0 aliphatic carbocycles. The summed E-state index contributed by atoms with van der Waals surface area (Å²) in [6.45, 7) is 6.65. The van der Waals surface area contributed by atoms with E-state index in [1.54, 1.807) is 0 Å². The molecule has 0 aromatic carbocycles. The molecular weight excluding hydrogens is 1010 g/mol. The minimum Gasteiger partial charge on any atom is -0.462 e. The van der Waals surface area contributed by atoms with E-state index in [0.29, 0.717) is 19.3 Å². The standard InChI is InChI=1S/C76H142O6/c1-4-7-10-13-16-19-22-24-26-28-30-31-32-33-34-35-36-37-38-39-40-41-42-43-44-45-46-48-49-51-54-57-60-63-66-69-75(78)81-72-73(71-80-74(77)68-65-62-59-56-53-21-18-15-12-9-6-3)82-76(79)70-67-64-61-58-55-52-50-47-29-27-25-23-20-17-14-11-8-5-2/h15,18,27-30,73H,4-14,16-17,19-26,31-72H2,1-3H3/b18-15-,29-27-,30-28-. The lowest BCUT2D eigenvalue weighted by Gasteiger charge is -2.18. The maximum absolute atomic E-state index is 12.9. The largest absolute Gasteiger partial charge is 0.462 e. The Labute approximate surface area is 512 Å². The summed E-state index contributed by atoms with van der Waals surface area (Å²) in [7, 11) is 0. The molecule has 0 aromatic heterocycles. The van der Waals surface area contributed by atoms with Crippen LogP contribution in [0.3, 0.4) is 0 Å². The summed E-state index contributed by atoms with van der Waals surface area (Å²) in [5.74, 6) is -0.860. The fourth-order valence-electron chi connectivity index (χ4n) is 11.2. The van der Waals surface area contributed by atoms with Crippen LogP contribution in [0.5, 0.6) is 0 Å². The lowest BCUT2D eigenvalue weighted by atomic mass is 10.0. The molecule has 0 radical (unpaired) electrons. The van der Waals surface area contributed by atoms with Crippen molar-refractivity contribution in [1.29, 1.82) is 0 Å². The number of hydrogen-bond acceptors (Lipinski definition) is 6. The van der Waals surface area contributed by atoms with Crippen LogP contribution in [0.4, 0.5) is 0 Å². The topological polar surface area (TPSA) is 78.9 Å². The van der Waals surface area contributed by atoms with Crippen LogP contribution in [0.2, 0.25) is 0 Å². The molecule has 482 valence electrons. The molecule has 0 aliphatic rings. The molecule has 6 heteroatoms. The van der Waals surface area contributed by atoms with Gasteiger partial charge in [0.1, 0.15) is 13.2 Å². The van der Waals surface area contributed by atoms with Crippen LogP contribution in [-0.2, 0) is 28.6 Å². The number of carbonyl (C=O) groups excluding carboxylic acids is 3. The monoisotopic (exact) mass is 1150 g/mol. The fourth-order valence-corrected chi connectivity index (χ4v) is 11.2. The van der Waals surface area contributed by atoms with Crippen molar-refractivity contribution < 1.29 is 28.6 Å². The van der Waals surface area contributed by atoms with Crippen molar-refractivity contribution in [3.05, 3.63) is 36.5 Å². The Morgan fingerprint density at radius 2 is 0.415 bits per heavy atom. The SMILES string of the molecule is CCCC/C=C\CCCCCCCC(=O)OCC(COC(=O)CCCCCCCCCCCCCCCCCCCCCCCCC/C=C\CCCCCCCCCC)OC(=O)CCCCCCCCC/C=C\CCCCCCCCC. The van der Waals surface area contributed by atoms with Gasteiger partial charge in [-0.2, -0.15) is 0 Å². The number of hydrogen-bond donors (Lipinski definition) is 0. The van der Waals surface area contributed by atoms with Crippen LogP contribution >= 0.6 is 0 Å². The molecule has 0 amide bonds. The lowest BCUT2D eigenvalue weighted by molar-refractivity contribution is -0.167. The van der Waals surface area contributed by atoms with Crippen molar-refractivity contribution in [2.75, 3.05) is 13.2 Å². The van der Waals surface area contributed by atoms with Crippen molar-refractivity contribution in [2.24, 2.45) is 0 Å². The number of esters is 3. The van der Waals surface area contributed by atoms with Gasteiger partial charge >= 0.3 is 17.9 Å². The van der Waals surface area contributed by atoms with Gasteiger partial charge in [-0.25, -0.2) is 0 Å². The molecule has 0 spiro atoms. The van der Waals surface area contributed by atoms with E-state index in [1.807, 2.05) is 0 Å². The van der Waals surface area contributed by atoms with E-state index in [-0.39, 0.29) is 31.1 Å². The summed E-state index contributed by atoms with van der Waals surface area (Å²) in [6.07, 6.45) is 89.3. The molecule has 6 nitrogen and oxygen atoms in total. The summed E-state index contributed by atoms with van der Waals surface area (Å²) in [4.78, 5) is 38.3. The average Bonchev–Trinajstić information content (AvgIpc) is 3.47. The van der Waals surface area contributed by atoms with Gasteiger partial charge in [0, 0.05) is 19.3 Å². The van der Waals surface area contributed by atoms with Crippen LogP contribution in [-0.4, -0.2) is 37.2 Å². The summed E-state index contributed by atoms with van der Waals surface area (Å²) in [5, 5.41) is 0. The Hall–Kier alpha value is -2.37. The van der Waals surface area contributed by atoms with E-state index in [2.05, 4.69) is 57.2 Å². The van der Waals surface area contributed by atoms with Gasteiger partial charge in [-0.15, -0.1) is 0 Å². The van der Waals surface area contributed by atoms with Crippen LogP contribution in [0.15, 0.2) is 36.5 Å². The Balaban J connectivity index is 4.04. The van der Waals surface area contributed by atoms with Gasteiger partial charge in [0.05, 0.1) is 0 Å². The molecular formula is C76H142O6. The Kier molecular flexibility index (Phi) is 69.1. The second-order valence-corrected chi connectivity index (χ2v) is 25.2. The van der Waals surface area contributed by atoms with Gasteiger partial charge in [-0.3, -0.25) is 14.4 Å². The first kappa shape index (κ1) is 79.6. The van der Waals surface area contributed by atoms with E-state index >= 15 is 0 Å². The third kappa shape index (κ3) is 68.4. The first-order valence-electron chi connectivity index (χ1n) is 37.0. The predicted molar refractivity (Wildman–Crippen MR) is 358 cm³/mol. The minimum atomic E-state index is -0.776. The van der Waals surface area contributed by atoms with Crippen LogP contribution in [0, 0.1) is 0 Å². The highest BCUT2D eigenvalue weighted by Crippen LogP contribution is 2.19. The third-order valence-electron chi connectivity index (χ3n) is 16.8. The first-order valence-corrected chi connectivity index (χ1v) is 37.0. The average molecular weight is 1150 g/mol. The molecule has 82 heavy (non-hydrogen) atoms. The van der Waals surface area contributed by atoms with Crippen molar-refractivity contribution in [3.8, 4) is 0 Å². The predicted octanol–water partition coefficient (Wildman–Crippen LogP) is 25.5. The highest BCUT2D eigenvalue weighted by Gasteiger charge is 2.19. The zero-order valence-electron chi connectivity index (χ0n) is 55.5. The number of allylic oxidation sites excluding steroid dienone is 6. The fraction of sp³-hybridized carbons (Fsp3) is 0.882. The van der Waals surface area contributed by atoms with Crippen LogP contribution < -0.4 is 0 Å². The normalized spacial score (nSPS) is 12.2. The van der Waals surface area contributed by atoms with E-state index in [1.165, 1.54) is 308 Å². The highest BCUT2D eigenvalue weighted by atomic mass is 16.6. The van der Waals surface area contributed by atoms with E-state index in [4.69, 9.17) is 14.2 Å². The summed E-state index contributed by atoms with van der Waals surface area (Å²) in [6, 6.07) is 0. The van der Waals surface area contributed by atoms with Gasteiger partial charge in [0.25, 0.3) is 0 Å². The molecule has 1 atom stereocenters. The van der Waals surface area contributed by atoms with Crippen molar-refractivity contribution in [3.63, 3.8) is 0 Å². The molecule has 0 saturated heterocycles. The lowest BCUT2D eigenvalue weighted by Crippen LogP contribution is -2.30. The number of unbranched alkanes of at least 4 members (excludes halogenated alkanes) is 52. The van der Waals surface area contributed by atoms with E-state index in [9.17, 15) is 14.4 Å². The summed E-state index contributed by atoms with van der Waals surface area (Å²) < 4.78 is 16.9. The first-order chi connectivity index (χ1) is 40.5. The van der Waals surface area contributed by atoms with Gasteiger partial charge < -0.3 is 14.2 Å². The third-order valence-corrected chi connectivity index (χ3v) is 16.8. The quantitative estimate of drug-likeness (QED) is 0.0261. The van der Waals surface area contributed by atoms with Gasteiger partial charge in [0.2, 0.25) is 0 Å². The minimum absolute atomic E-state index is 0.0718. The highest BCUT2D eigenvalue weighted by molar-refractivity contribution is 5.71. The molecule has 1 unspecified atom stereocenters. The second-order valence-electron chi connectivity index (χ2n) is 25.2. The molecule has 0 rings (SSSR count). The van der Waals surface area contributed by atoms with E-state index < -0.39 is 6.10 Å². The Morgan fingerprint density at radius 3 is 0.646 bits per heavy atom. The van der Waals surface area contributed by atoms with Crippen molar-refractivity contribution >= 4 is 17.9 Å². The molecule has 0 bridgehead atoms. The molecule has 0 fully saturated rings. The smallest absolute Gasteiger partial charge is 0.306 e. The maximum Gasteiger partial charge on any atom is 0.306 e. The van der Waals surface area contributed by atoms with Crippen LogP contribution in [0.1, 0.15) is 412 Å². The Morgan fingerprint density at radius 1 is 0.232 bits per heavy atom. The van der Waals surface area contributed by atoms with Crippen LogP contribution in [0.25, 0.3) is 0 Å². The molecule has 0 saturated carbocycles. The molecule has 0 heterocycles. The molecule has 0 aliphatic heterocycles. The van der Waals surface area contributed by atoms with E-state index in [0.717, 1.165) is 64.2 Å². The number of ether oxygens (including phenoxy) is 3. The van der Waals surface area contributed by atoms with Gasteiger partial charge in [-0.1, -0.05) is 340 Å². The van der Waals surface area contributed by atoms with Crippen molar-refractivity contribution in [2.45, 2.75) is 419 Å². The number of rotatable bonds is 69. The summed E-state index contributed by atoms with van der Waals surface area (Å²) in [5.41, 5.74) is 0. The zero-order chi connectivity index (χ0) is 59.2. The molecule has 0 N–H and O–H groups in total. The number of carbonyl (C=O) groups is 3. The van der Waals surface area contributed by atoms with Gasteiger partial charge in [-0.05, 0) is 89.9 Å². The molecule has 0 aromatic rings. The Bertz CT molecular complexity index is 1370.